The molecule has 124 valence electrons. The molecule has 5 nitrogen and oxygen atoms in total. The van der Waals surface area contributed by atoms with E-state index in [0.29, 0.717) is 11.7 Å². The van der Waals surface area contributed by atoms with E-state index in [2.05, 4.69) is 41.6 Å². The number of carbonyl (C=O) groups is 1. The van der Waals surface area contributed by atoms with Gasteiger partial charge in [-0.15, -0.1) is 10.2 Å². The normalized spacial score (nSPS) is 12.2. The van der Waals surface area contributed by atoms with E-state index < -0.39 is 0 Å². The van der Waals surface area contributed by atoms with Crippen LogP contribution in [-0.2, 0) is 4.79 Å². The van der Waals surface area contributed by atoms with Crippen LogP contribution in [0.15, 0.2) is 28.6 Å². The van der Waals surface area contributed by atoms with Crippen molar-refractivity contribution >= 4 is 39.8 Å². The van der Waals surface area contributed by atoms with E-state index in [1.807, 2.05) is 31.2 Å². The van der Waals surface area contributed by atoms with Crippen molar-refractivity contribution in [1.82, 2.24) is 15.5 Å². The Morgan fingerprint density at radius 1 is 1.22 bits per heavy atom. The Hall–Kier alpha value is -1.60. The molecule has 0 unspecified atom stereocenters. The highest BCUT2D eigenvalue weighted by atomic mass is 32.2. The van der Waals surface area contributed by atoms with Crippen LogP contribution >= 0.6 is 23.1 Å². The fraction of sp³-hybridized carbons (Fsp3) is 0.438. The number of amides is 1. The molecule has 0 aliphatic carbocycles. The molecule has 0 saturated heterocycles. The molecule has 1 atom stereocenters. The van der Waals surface area contributed by atoms with Gasteiger partial charge in [-0.1, -0.05) is 54.6 Å². The van der Waals surface area contributed by atoms with Gasteiger partial charge in [-0.05, 0) is 31.9 Å². The van der Waals surface area contributed by atoms with Crippen molar-refractivity contribution in [3.05, 3.63) is 29.8 Å². The van der Waals surface area contributed by atoms with Gasteiger partial charge in [-0.3, -0.25) is 4.79 Å². The second-order valence-corrected chi connectivity index (χ2v) is 7.95. The number of rotatable bonds is 7. The second kappa shape index (κ2) is 8.31. The van der Waals surface area contributed by atoms with Crippen LogP contribution in [0.3, 0.4) is 0 Å². The van der Waals surface area contributed by atoms with Crippen molar-refractivity contribution < 1.29 is 4.79 Å². The van der Waals surface area contributed by atoms with Gasteiger partial charge >= 0.3 is 0 Å². The number of nitrogens with zero attached hydrogens (tertiary/aromatic N) is 2. The average Bonchev–Trinajstić information content (AvgIpc) is 2.95. The lowest BCUT2D eigenvalue weighted by Crippen LogP contribution is -2.37. The van der Waals surface area contributed by atoms with Crippen molar-refractivity contribution in [1.29, 1.82) is 0 Å². The molecule has 0 fully saturated rings. The maximum atomic E-state index is 11.9. The van der Waals surface area contributed by atoms with Crippen molar-refractivity contribution in [2.24, 2.45) is 5.92 Å². The van der Waals surface area contributed by atoms with E-state index >= 15 is 0 Å². The van der Waals surface area contributed by atoms with E-state index in [4.69, 9.17) is 0 Å². The molecule has 23 heavy (non-hydrogen) atoms. The molecule has 0 aliphatic heterocycles. The van der Waals surface area contributed by atoms with E-state index in [1.165, 1.54) is 28.7 Å². The third kappa shape index (κ3) is 5.84. The molecule has 0 bridgehead atoms. The maximum absolute atomic E-state index is 11.9. The maximum Gasteiger partial charge on any atom is 0.230 e. The highest BCUT2D eigenvalue weighted by Crippen LogP contribution is 2.27. The number of hydrogen-bond acceptors (Lipinski definition) is 6. The highest BCUT2D eigenvalue weighted by Gasteiger charge is 2.12. The lowest BCUT2D eigenvalue weighted by atomic mass is 10.1. The molecule has 7 heteroatoms. The zero-order chi connectivity index (χ0) is 16.8. The van der Waals surface area contributed by atoms with Crippen LogP contribution in [0.1, 0.15) is 26.3 Å². The summed E-state index contributed by atoms with van der Waals surface area (Å²) in [5.41, 5.74) is 2.19. The molecule has 1 aromatic heterocycles. The monoisotopic (exact) mass is 350 g/mol. The predicted octanol–water partition coefficient (Wildman–Crippen LogP) is 3.84. The van der Waals surface area contributed by atoms with E-state index in [9.17, 15) is 4.79 Å². The van der Waals surface area contributed by atoms with Gasteiger partial charge in [0.25, 0.3) is 0 Å². The SMILES string of the molecule is Cc1ccc(Nc2nnc(SCC(=O)N[C@@H](C)C(C)C)s2)cc1. The third-order valence-electron chi connectivity index (χ3n) is 3.42. The summed E-state index contributed by atoms with van der Waals surface area (Å²) >= 11 is 2.86. The molecule has 2 rings (SSSR count). The Balaban J connectivity index is 1.82. The number of aryl methyl sites for hydroxylation is 1. The lowest BCUT2D eigenvalue weighted by molar-refractivity contribution is -0.119. The molecule has 1 heterocycles. The molecule has 0 radical (unpaired) electrons. The first-order valence-electron chi connectivity index (χ1n) is 7.53. The summed E-state index contributed by atoms with van der Waals surface area (Å²) in [6.45, 7) is 8.24. The predicted molar refractivity (Wildman–Crippen MR) is 97.5 cm³/mol. The molecular weight excluding hydrogens is 328 g/mol. The minimum Gasteiger partial charge on any atom is -0.353 e. The number of aromatic nitrogens is 2. The van der Waals surface area contributed by atoms with Crippen LogP contribution in [0.5, 0.6) is 0 Å². The summed E-state index contributed by atoms with van der Waals surface area (Å²) in [5, 5.41) is 15.1. The number of nitrogens with one attached hydrogen (secondary N) is 2. The molecule has 0 spiro atoms. The molecule has 0 saturated carbocycles. The largest absolute Gasteiger partial charge is 0.353 e. The zero-order valence-corrected chi connectivity index (χ0v) is 15.4. The summed E-state index contributed by atoms with van der Waals surface area (Å²) in [4.78, 5) is 11.9. The Morgan fingerprint density at radius 2 is 1.91 bits per heavy atom. The molecular formula is C16H22N4OS2. The van der Waals surface area contributed by atoms with Crippen LogP contribution in [0.25, 0.3) is 0 Å². The zero-order valence-electron chi connectivity index (χ0n) is 13.8. The standard InChI is InChI=1S/C16H22N4OS2/c1-10(2)12(4)17-14(21)9-22-16-20-19-15(23-16)18-13-7-5-11(3)6-8-13/h5-8,10,12H,9H2,1-4H3,(H,17,21)(H,18,19)/t12-/m0/s1. The van der Waals surface area contributed by atoms with E-state index in [-0.39, 0.29) is 11.9 Å². The Labute approximate surface area is 145 Å². The summed E-state index contributed by atoms with van der Waals surface area (Å²) in [7, 11) is 0. The summed E-state index contributed by atoms with van der Waals surface area (Å²) in [6.07, 6.45) is 0. The fourth-order valence-electron chi connectivity index (χ4n) is 1.67. The molecule has 1 amide bonds. The molecule has 1 aromatic carbocycles. The van der Waals surface area contributed by atoms with Gasteiger partial charge in [0.15, 0.2) is 4.34 Å². The topological polar surface area (TPSA) is 66.9 Å². The number of hydrogen-bond donors (Lipinski definition) is 2. The fourth-order valence-corrected chi connectivity index (χ4v) is 3.25. The van der Waals surface area contributed by atoms with E-state index in [1.54, 1.807) is 0 Å². The van der Waals surface area contributed by atoms with Gasteiger partial charge in [0.05, 0.1) is 5.75 Å². The van der Waals surface area contributed by atoms with Crippen molar-refractivity contribution in [2.75, 3.05) is 11.1 Å². The van der Waals surface area contributed by atoms with Crippen LogP contribution in [-0.4, -0.2) is 27.9 Å². The highest BCUT2D eigenvalue weighted by molar-refractivity contribution is 8.01. The van der Waals surface area contributed by atoms with Crippen molar-refractivity contribution in [2.45, 2.75) is 38.1 Å². The second-order valence-electron chi connectivity index (χ2n) is 5.75. The third-order valence-corrected chi connectivity index (χ3v) is 5.40. The van der Waals surface area contributed by atoms with Crippen LogP contribution < -0.4 is 10.6 Å². The van der Waals surface area contributed by atoms with Crippen LogP contribution in [0.4, 0.5) is 10.8 Å². The minimum atomic E-state index is 0.0273. The Bertz CT molecular complexity index is 640. The summed E-state index contributed by atoms with van der Waals surface area (Å²) < 4.78 is 0.784. The lowest BCUT2D eigenvalue weighted by Gasteiger charge is -2.16. The Morgan fingerprint density at radius 3 is 2.57 bits per heavy atom. The molecule has 2 N–H and O–H groups in total. The van der Waals surface area contributed by atoms with Gasteiger partial charge in [-0.2, -0.15) is 0 Å². The van der Waals surface area contributed by atoms with Gasteiger partial charge < -0.3 is 10.6 Å². The van der Waals surface area contributed by atoms with Crippen molar-refractivity contribution in [3.63, 3.8) is 0 Å². The molecule has 2 aromatic rings. The molecule has 0 aliphatic rings. The number of benzene rings is 1. The Kier molecular flexibility index (Phi) is 6.41. The van der Waals surface area contributed by atoms with Gasteiger partial charge in [-0.25, -0.2) is 0 Å². The van der Waals surface area contributed by atoms with Crippen molar-refractivity contribution in [3.8, 4) is 0 Å². The average molecular weight is 351 g/mol. The smallest absolute Gasteiger partial charge is 0.230 e. The summed E-state index contributed by atoms with van der Waals surface area (Å²) in [6, 6.07) is 8.27. The number of anilines is 2. The van der Waals surface area contributed by atoms with Gasteiger partial charge in [0, 0.05) is 11.7 Å². The number of thioether (sulfide) groups is 1. The van der Waals surface area contributed by atoms with Gasteiger partial charge in [0.2, 0.25) is 11.0 Å². The summed E-state index contributed by atoms with van der Waals surface area (Å²) in [5.74, 6) is 0.811. The van der Waals surface area contributed by atoms with E-state index in [0.717, 1.165) is 15.2 Å². The minimum absolute atomic E-state index is 0.0273. The first-order chi connectivity index (χ1) is 10.9. The first-order valence-corrected chi connectivity index (χ1v) is 9.33. The van der Waals surface area contributed by atoms with Crippen LogP contribution in [0, 0.1) is 12.8 Å². The quantitative estimate of drug-likeness (QED) is 0.743. The first kappa shape index (κ1) is 17.7. The van der Waals surface area contributed by atoms with Crippen LogP contribution in [0.2, 0.25) is 0 Å². The number of carbonyl (C=O) groups excluding carboxylic acids is 1. The van der Waals surface area contributed by atoms with Gasteiger partial charge in [0.1, 0.15) is 0 Å².